The van der Waals surface area contributed by atoms with Gasteiger partial charge in [-0.25, -0.2) is 9.38 Å². The maximum absolute atomic E-state index is 15.1. The molecule has 0 saturated carbocycles. The highest BCUT2D eigenvalue weighted by atomic mass is 19.1. The van der Waals surface area contributed by atoms with E-state index in [9.17, 15) is 4.79 Å². The summed E-state index contributed by atoms with van der Waals surface area (Å²) in [6, 6.07) is 3.55. The van der Waals surface area contributed by atoms with Gasteiger partial charge in [-0.2, -0.15) is 0 Å². The molecule has 0 spiro atoms. The van der Waals surface area contributed by atoms with Crippen molar-refractivity contribution in [3.63, 3.8) is 0 Å². The second-order valence-corrected chi connectivity index (χ2v) is 8.45. The fourth-order valence-electron chi connectivity index (χ4n) is 4.60. The molecule has 0 bridgehead atoms. The zero-order valence-electron chi connectivity index (χ0n) is 18.7. The number of nitrogens with zero attached hydrogens (tertiary/aromatic N) is 3. The van der Waals surface area contributed by atoms with Gasteiger partial charge in [-0.3, -0.25) is 9.69 Å². The first-order valence-electron chi connectivity index (χ1n) is 11.3. The Balaban J connectivity index is 1.52. The van der Waals surface area contributed by atoms with Crippen molar-refractivity contribution in [3.05, 3.63) is 50.8 Å². The molecule has 2 aliphatic rings. The Kier molecular flexibility index (Phi) is 6.41. The first-order valence-corrected chi connectivity index (χ1v) is 11.3. The molecule has 4 rings (SSSR count). The molecule has 1 aromatic heterocycles. The van der Waals surface area contributed by atoms with Crippen LogP contribution in [0.2, 0.25) is 0 Å². The maximum Gasteiger partial charge on any atom is 0.253 e. The van der Waals surface area contributed by atoms with Crippen LogP contribution in [0, 0.1) is 5.82 Å². The number of benzene rings is 1. The molecule has 2 N–H and O–H groups in total. The summed E-state index contributed by atoms with van der Waals surface area (Å²) >= 11 is 0. The van der Waals surface area contributed by atoms with Gasteiger partial charge >= 0.3 is 0 Å². The lowest BCUT2D eigenvalue weighted by molar-refractivity contribution is 0.151. The minimum absolute atomic E-state index is 0.109. The number of hydrogen-bond acceptors (Lipinski definition) is 5. The van der Waals surface area contributed by atoms with Crippen LogP contribution in [0.4, 0.5) is 10.1 Å². The Morgan fingerprint density at radius 2 is 2.03 bits per heavy atom. The van der Waals surface area contributed by atoms with Crippen molar-refractivity contribution >= 4 is 22.8 Å². The number of halogens is 1. The molecule has 2 aliphatic heterocycles. The highest BCUT2D eigenvalue weighted by Crippen LogP contribution is 2.30. The molecule has 2 aromatic rings. The van der Waals surface area contributed by atoms with Crippen LogP contribution in [-0.4, -0.2) is 53.7 Å². The quantitative estimate of drug-likeness (QED) is 0.714. The predicted molar refractivity (Wildman–Crippen MR) is 125 cm³/mol. The lowest BCUT2D eigenvalue weighted by atomic mass is 10.00. The number of hydrogen-bond donors (Lipinski definition) is 2. The minimum Gasteiger partial charge on any atom is -0.384 e. The number of aromatic nitrogens is 1. The third-order valence-corrected chi connectivity index (χ3v) is 6.37. The van der Waals surface area contributed by atoms with E-state index in [0.29, 0.717) is 35.1 Å². The summed E-state index contributed by atoms with van der Waals surface area (Å²) in [6.07, 6.45) is 4.42. The van der Waals surface area contributed by atoms with Crippen LogP contribution in [0.1, 0.15) is 44.7 Å². The topological polar surface area (TPSA) is 63.7 Å². The van der Waals surface area contributed by atoms with Crippen LogP contribution in [-0.2, 0) is 13.0 Å². The highest BCUT2D eigenvalue weighted by Gasteiger charge is 2.22. The SMILES string of the molecule is C/C=N\C(=C(\C)CC)N1CCN(Cc2cc(F)c3c4c(c(=O)[nH]c3c2)CCCN4)CC1. The van der Waals surface area contributed by atoms with Crippen LogP contribution in [0.5, 0.6) is 0 Å². The Hall–Kier alpha value is -2.67. The molecule has 0 amide bonds. The Morgan fingerprint density at radius 1 is 1.26 bits per heavy atom. The van der Waals surface area contributed by atoms with Gasteiger partial charge < -0.3 is 15.2 Å². The Bertz CT molecular complexity index is 1080. The molecule has 31 heavy (non-hydrogen) atoms. The fraction of sp³-hybridized carbons (Fsp3) is 0.500. The van der Waals surface area contributed by atoms with Gasteiger partial charge in [0.2, 0.25) is 0 Å². The first kappa shape index (κ1) is 21.6. The van der Waals surface area contributed by atoms with Crippen molar-refractivity contribution in [1.29, 1.82) is 0 Å². The van der Waals surface area contributed by atoms with Gasteiger partial charge in [0.05, 0.1) is 16.6 Å². The van der Waals surface area contributed by atoms with Crippen molar-refractivity contribution in [2.75, 3.05) is 38.0 Å². The van der Waals surface area contributed by atoms with E-state index in [0.717, 1.165) is 56.9 Å². The third kappa shape index (κ3) is 4.37. The molecule has 3 heterocycles. The van der Waals surface area contributed by atoms with Crippen LogP contribution in [0.25, 0.3) is 10.9 Å². The summed E-state index contributed by atoms with van der Waals surface area (Å²) in [6.45, 7) is 11.3. The molecule has 0 aliphatic carbocycles. The molecular formula is C24H32FN5O. The number of aliphatic imine (C=N–C) groups is 1. The normalized spacial score (nSPS) is 18.3. The Labute approximate surface area is 182 Å². The lowest BCUT2D eigenvalue weighted by Gasteiger charge is -2.36. The monoisotopic (exact) mass is 425 g/mol. The number of aromatic amines is 1. The van der Waals surface area contributed by atoms with Gasteiger partial charge in [0, 0.05) is 51.0 Å². The molecular weight excluding hydrogens is 393 g/mol. The lowest BCUT2D eigenvalue weighted by Crippen LogP contribution is -2.45. The summed E-state index contributed by atoms with van der Waals surface area (Å²) in [7, 11) is 0. The van der Waals surface area contributed by atoms with E-state index in [-0.39, 0.29) is 11.4 Å². The number of H-pyrrole nitrogens is 1. The van der Waals surface area contributed by atoms with E-state index in [1.54, 1.807) is 6.07 Å². The van der Waals surface area contributed by atoms with Crippen molar-refractivity contribution in [3.8, 4) is 0 Å². The standard InChI is InChI=1S/C24H32FN5O/c1-4-16(3)23(26-5-2)30-11-9-29(10-12-30)15-17-13-19(25)21-20(14-17)28-24(31)18-7-6-8-27-22(18)21/h5,13-14,27H,4,6-12,15H2,1-3H3,(H,28,31)/b23-16+,26-5-. The van der Waals surface area contributed by atoms with Crippen molar-refractivity contribution in [2.24, 2.45) is 4.99 Å². The number of rotatable bonds is 5. The van der Waals surface area contributed by atoms with Gasteiger partial charge in [-0.05, 0) is 56.4 Å². The predicted octanol–water partition coefficient (Wildman–Crippen LogP) is 3.88. The number of nitrogens with one attached hydrogen (secondary N) is 2. The molecule has 0 radical (unpaired) electrons. The highest BCUT2D eigenvalue weighted by molar-refractivity contribution is 5.94. The smallest absolute Gasteiger partial charge is 0.253 e. The largest absolute Gasteiger partial charge is 0.384 e. The summed E-state index contributed by atoms with van der Waals surface area (Å²) < 4.78 is 15.1. The van der Waals surface area contributed by atoms with Crippen LogP contribution in [0.15, 0.2) is 33.3 Å². The van der Waals surface area contributed by atoms with E-state index in [2.05, 4.69) is 38.9 Å². The molecule has 0 unspecified atom stereocenters. The van der Waals surface area contributed by atoms with Crippen LogP contribution >= 0.6 is 0 Å². The number of piperazine rings is 1. The summed E-state index contributed by atoms with van der Waals surface area (Å²) in [4.78, 5) is 24.6. The number of pyridine rings is 1. The summed E-state index contributed by atoms with van der Waals surface area (Å²) in [5.41, 5.74) is 3.99. The summed E-state index contributed by atoms with van der Waals surface area (Å²) in [5.74, 6) is 0.811. The van der Waals surface area contributed by atoms with E-state index in [1.807, 2.05) is 19.2 Å². The van der Waals surface area contributed by atoms with Gasteiger partial charge in [-0.1, -0.05) is 6.92 Å². The average Bonchev–Trinajstić information content (AvgIpc) is 2.77. The molecule has 1 saturated heterocycles. The van der Waals surface area contributed by atoms with Crippen LogP contribution < -0.4 is 10.9 Å². The number of allylic oxidation sites excluding steroid dienone is 1. The molecule has 0 atom stereocenters. The number of anilines is 1. The fourth-order valence-corrected chi connectivity index (χ4v) is 4.60. The molecule has 7 heteroatoms. The van der Waals surface area contributed by atoms with E-state index in [1.165, 1.54) is 5.57 Å². The van der Waals surface area contributed by atoms with Crippen molar-refractivity contribution < 1.29 is 4.39 Å². The van der Waals surface area contributed by atoms with E-state index in [4.69, 9.17) is 0 Å². The van der Waals surface area contributed by atoms with Gasteiger partial charge in [0.15, 0.2) is 0 Å². The van der Waals surface area contributed by atoms with Gasteiger partial charge in [0.1, 0.15) is 11.6 Å². The molecule has 1 aromatic carbocycles. The summed E-state index contributed by atoms with van der Waals surface area (Å²) in [5, 5.41) is 3.74. The third-order valence-electron chi connectivity index (χ3n) is 6.37. The van der Waals surface area contributed by atoms with Gasteiger partial charge in [-0.15, -0.1) is 0 Å². The van der Waals surface area contributed by atoms with Gasteiger partial charge in [0.25, 0.3) is 5.56 Å². The van der Waals surface area contributed by atoms with Crippen LogP contribution in [0.3, 0.4) is 0 Å². The molecule has 166 valence electrons. The minimum atomic E-state index is -0.269. The Morgan fingerprint density at radius 3 is 2.74 bits per heavy atom. The number of fused-ring (bicyclic) bond motifs is 3. The average molecular weight is 426 g/mol. The second kappa shape index (κ2) is 9.22. The maximum atomic E-state index is 15.1. The van der Waals surface area contributed by atoms with E-state index < -0.39 is 0 Å². The second-order valence-electron chi connectivity index (χ2n) is 8.45. The zero-order chi connectivity index (χ0) is 22.0. The van der Waals surface area contributed by atoms with Crippen molar-refractivity contribution in [2.45, 2.75) is 46.6 Å². The van der Waals surface area contributed by atoms with Crippen molar-refractivity contribution in [1.82, 2.24) is 14.8 Å². The van der Waals surface area contributed by atoms with E-state index >= 15 is 4.39 Å². The zero-order valence-corrected chi connectivity index (χ0v) is 18.7. The molecule has 1 fully saturated rings. The first-order chi connectivity index (χ1) is 15.0. The molecule has 6 nitrogen and oxygen atoms in total.